The number of rotatable bonds is 3. The highest BCUT2D eigenvalue weighted by molar-refractivity contribution is 9.10. The Morgan fingerprint density at radius 3 is 1.80 bits per heavy atom. The van der Waals surface area contributed by atoms with Gasteiger partial charge in [-0.15, -0.1) is 0 Å². The molecule has 0 fully saturated rings. The van der Waals surface area contributed by atoms with Gasteiger partial charge in [-0.3, -0.25) is 4.57 Å². The molecule has 0 radical (unpaired) electrons. The quantitative estimate of drug-likeness (QED) is 0.232. The first kappa shape index (κ1) is 20.2. The minimum Gasteiger partial charge on any atom is -0.309 e. The first-order chi connectivity index (χ1) is 17.3. The van der Waals surface area contributed by atoms with Crippen LogP contribution < -0.4 is 0 Å². The molecule has 2 aromatic heterocycles. The molecule has 5 aromatic carbocycles. The average molecular weight is 514 g/mol. The van der Waals surface area contributed by atoms with Gasteiger partial charge >= 0.3 is 0 Å². The summed E-state index contributed by atoms with van der Waals surface area (Å²) in [4.78, 5) is 5.15. The highest BCUT2D eigenvalue weighted by atomic mass is 79.9. The van der Waals surface area contributed by atoms with Crippen LogP contribution in [-0.4, -0.2) is 14.1 Å². The van der Waals surface area contributed by atoms with E-state index in [0.29, 0.717) is 0 Å². The highest BCUT2D eigenvalue weighted by Gasteiger charge is 2.20. The lowest BCUT2D eigenvalue weighted by Crippen LogP contribution is -2.02. The first-order valence-corrected chi connectivity index (χ1v) is 12.4. The molecular weight excluding hydrogens is 494 g/mol. The van der Waals surface area contributed by atoms with Crippen LogP contribution in [0.25, 0.3) is 55.6 Å². The van der Waals surface area contributed by atoms with E-state index in [9.17, 15) is 0 Å². The average Bonchev–Trinajstić information content (AvgIpc) is 3.45. The molecule has 3 nitrogen and oxygen atoms in total. The first-order valence-electron chi connectivity index (χ1n) is 11.6. The zero-order valence-electron chi connectivity index (χ0n) is 18.8. The Hall–Kier alpha value is -4.15. The summed E-state index contributed by atoms with van der Waals surface area (Å²) in [5.74, 6) is 0.922. The molecule has 7 aromatic rings. The molecule has 0 unspecified atom stereocenters. The van der Waals surface area contributed by atoms with Crippen molar-refractivity contribution in [2.75, 3.05) is 0 Å². The topological polar surface area (TPSA) is 22.8 Å². The second-order valence-electron chi connectivity index (χ2n) is 8.62. The number of aromatic nitrogens is 3. The number of halogens is 1. The van der Waals surface area contributed by atoms with E-state index in [-0.39, 0.29) is 0 Å². The number of nitrogens with zero attached hydrogens (tertiary/aromatic N) is 3. The zero-order chi connectivity index (χ0) is 23.4. The summed E-state index contributed by atoms with van der Waals surface area (Å²) in [5, 5.41) is 2.50. The van der Waals surface area contributed by atoms with Gasteiger partial charge in [0.05, 0.1) is 27.8 Å². The van der Waals surface area contributed by atoms with Crippen molar-refractivity contribution in [3.8, 4) is 22.8 Å². The number of benzene rings is 5. The maximum Gasteiger partial charge on any atom is 0.147 e. The molecule has 7 rings (SSSR count). The van der Waals surface area contributed by atoms with Gasteiger partial charge in [-0.2, -0.15) is 0 Å². The number of hydrogen-bond donors (Lipinski definition) is 0. The number of hydrogen-bond acceptors (Lipinski definition) is 1. The Labute approximate surface area is 211 Å². The molecule has 0 aliphatic carbocycles. The van der Waals surface area contributed by atoms with E-state index in [1.807, 2.05) is 6.07 Å². The van der Waals surface area contributed by atoms with Gasteiger partial charge in [0.25, 0.3) is 0 Å². The van der Waals surface area contributed by atoms with E-state index in [1.165, 1.54) is 21.8 Å². The molecule has 0 spiro atoms. The van der Waals surface area contributed by atoms with Crippen molar-refractivity contribution in [1.29, 1.82) is 0 Å². The summed E-state index contributed by atoms with van der Waals surface area (Å²) in [6.07, 6.45) is 0. The highest BCUT2D eigenvalue weighted by Crippen LogP contribution is 2.37. The smallest absolute Gasteiger partial charge is 0.147 e. The summed E-state index contributed by atoms with van der Waals surface area (Å²) in [5.41, 5.74) is 7.70. The molecular formula is C31H20BrN3. The van der Waals surface area contributed by atoms with Gasteiger partial charge in [0.15, 0.2) is 0 Å². The normalized spacial score (nSPS) is 11.6. The molecule has 0 bridgehead atoms. The van der Waals surface area contributed by atoms with Crippen LogP contribution in [0.3, 0.4) is 0 Å². The van der Waals surface area contributed by atoms with E-state index in [0.717, 1.165) is 38.3 Å². The van der Waals surface area contributed by atoms with Crippen LogP contribution in [0, 0.1) is 0 Å². The molecule has 0 aliphatic heterocycles. The molecule has 0 saturated heterocycles. The fourth-order valence-corrected chi connectivity index (χ4v) is 5.36. The monoisotopic (exact) mass is 513 g/mol. The molecule has 166 valence electrons. The third kappa shape index (κ3) is 3.14. The van der Waals surface area contributed by atoms with Crippen LogP contribution in [0.5, 0.6) is 0 Å². The minimum absolute atomic E-state index is 0.922. The van der Waals surface area contributed by atoms with Gasteiger partial charge in [0, 0.05) is 26.5 Å². The molecule has 2 heterocycles. The largest absolute Gasteiger partial charge is 0.309 e. The van der Waals surface area contributed by atoms with E-state index in [4.69, 9.17) is 4.98 Å². The van der Waals surface area contributed by atoms with Crippen molar-refractivity contribution in [1.82, 2.24) is 14.1 Å². The minimum atomic E-state index is 0.922. The van der Waals surface area contributed by atoms with Crippen LogP contribution >= 0.6 is 15.9 Å². The van der Waals surface area contributed by atoms with Crippen molar-refractivity contribution < 1.29 is 0 Å². The predicted molar refractivity (Wildman–Crippen MR) is 149 cm³/mol. The number of imidazole rings is 1. The van der Waals surface area contributed by atoms with Crippen molar-refractivity contribution in [3.63, 3.8) is 0 Å². The van der Waals surface area contributed by atoms with Crippen molar-refractivity contribution in [2.45, 2.75) is 0 Å². The second kappa shape index (κ2) is 7.97. The molecule has 0 saturated carbocycles. The van der Waals surface area contributed by atoms with Crippen LogP contribution in [0.2, 0.25) is 0 Å². The van der Waals surface area contributed by atoms with Gasteiger partial charge < -0.3 is 4.57 Å². The van der Waals surface area contributed by atoms with Crippen LogP contribution in [0.1, 0.15) is 0 Å². The summed E-state index contributed by atoms with van der Waals surface area (Å²) < 4.78 is 5.68. The van der Waals surface area contributed by atoms with Crippen molar-refractivity contribution in [2.24, 2.45) is 0 Å². The second-order valence-corrected chi connectivity index (χ2v) is 9.54. The Morgan fingerprint density at radius 1 is 0.514 bits per heavy atom. The summed E-state index contributed by atoms with van der Waals surface area (Å²) >= 11 is 3.58. The predicted octanol–water partition coefficient (Wildman–Crippen LogP) is 8.55. The van der Waals surface area contributed by atoms with Gasteiger partial charge in [0.1, 0.15) is 5.82 Å². The molecule has 0 aliphatic rings. The van der Waals surface area contributed by atoms with E-state index >= 15 is 0 Å². The number of para-hydroxylation sites is 5. The molecule has 4 heteroatoms. The van der Waals surface area contributed by atoms with Crippen LogP contribution in [0.15, 0.2) is 126 Å². The number of fused-ring (bicyclic) bond motifs is 4. The standard InChI is InChI=1S/C31H20BrN3/c32-21-17-19-22(20-18-21)34-30-16-8-4-12-26(30)33-31(34)25-11-3-7-15-29(25)35-27-13-5-1-9-23(27)24-10-2-6-14-28(24)35/h1-20H. The van der Waals surface area contributed by atoms with E-state index in [1.54, 1.807) is 0 Å². The van der Waals surface area contributed by atoms with Gasteiger partial charge in [-0.05, 0) is 60.7 Å². The van der Waals surface area contributed by atoms with Crippen molar-refractivity contribution >= 4 is 48.8 Å². The van der Waals surface area contributed by atoms with E-state index < -0.39 is 0 Å². The van der Waals surface area contributed by atoms with Gasteiger partial charge in [-0.25, -0.2) is 4.98 Å². The maximum atomic E-state index is 5.15. The maximum absolute atomic E-state index is 5.15. The molecule has 35 heavy (non-hydrogen) atoms. The summed E-state index contributed by atoms with van der Waals surface area (Å²) in [6.45, 7) is 0. The summed E-state index contributed by atoms with van der Waals surface area (Å²) in [7, 11) is 0. The van der Waals surface area contributed by atoms with Crippen LogP contribution in [0.4, 0.5) is 0 Å². The Morgan fingerprint density at radius 2 is 1.09 bits per heavy atom. The Balaban J connectivity index is 1.58. The lowest BCUT2D eigenvalue weighted by Gasteiger charge is -2.15. The lowest BCUT2D eigenvalue weighted by molar-refractivity contribution is 1.09. The SMILES string of the molecule is Brc1ccc(-n2c(-c3ccccc3-n3c4ccccc4c4ccccc43)nc3ccccc32)cc1. The summed E-state index contributed by atoms with van der Waals surface area (Å²) in [6, 6.07) is 42.6. The fraction of sp³-hybridized carbons (Fsp3) is 0. The molecule has 0 N–H and O–H groups in total. The fourth-order valence-electron chi connectivity index (χ4n) is 5.10. The Kier molecular flexibility index (Phi) is 4.61. The third-order valence-electron chi connectivity index (χ3n) is 6.61. The van der Waals surface area contributed by atoms with Gasteiger partial charge in [-0.1, -0.05) is 76.6 Å². The zero-order valence-corrected chi connectivity index (χ0v) is 20.4. The van der Waals surface area contributed by atoms with Crippen molar-refractivity contribution in [3.05, 3.63) is 126 Å². The molecule has 0 atom stereocenters. The Bertz CT molecular complexity index is 1810. The van der Waals surface area contributed by atoms with Gasteiger partial charge in [0.2, 0.25) is 0 Å². The lowest BCUT2D eigenvalue weighted by atomic mass is 10.1. The van der Waals surface area contributed by atoms with E-state index in [2.05, 4.69) is 140 Å². The third-order valence-corrected chi connectivity index (χ3v) is 7.14. The van der Waals surface area contributed by atoms with Crippen LogP contribution in [-0.2, 0) is 0 Å². The molecule has 0 amide bonds.